The smallest absolute Gasteiger partial charge is 0.190 e. The Morgan fingerprint density at radius 1 is 0.912 bits per heavy atom. The van der Waals surface area contributed by atoms with Crippen molar-refractivity contribution in [3.63, 3.8) is 0 Å². The molecule has 0 amide bonds. The van der Waals surface area contributed by atoms with Crippen molar-refractivity contribution < 1.29 is 13.9 Å². The number of hydrogen-bond acceptors (Lipinski definition) is 6. The summed E-state index contributed by atoms with van der Waals surface area (Å²) in [5.74, 6) is 0.251. The van der Waals surface area contributed by atoms with Gasteiger partial charge in [-0.1, -0.05) is 12.1 Å². The number of rotatable bonds is 5. The normalized spacial score (nSPS) is 17.3. The lowest BCUT2D eigenvalue weighted by atomic mass is 10.1. The third-order valence-corrected chi connectivity index (χ3v) is 6.95. The fraction of sp³-hybridized carbons (Fsp3) is 0.360. The highest BCUT2D eigenvalue weighted by Crippen LogP contribution is 2.25. The predicted octanol–water partition coefficient (Wildman–Crippen LogP) is 3.73. The Morgan fingerprint density at radius 3 is 2.24 bits per heavy atom. The van der Waals surface area contributed by atoms with Gasteiger partial charge in [-0.2, -0.15) is 0 Å². The highest BCUT2D eigenvalue weighted by atomic mass is 32.1. The number of nitrogens with one attached hydrogen (secondary N) is 1. The molecule has 2 saturated heterocycles. The summed E-state index contributed by atoms with van der Waals surface area (Å²) in [6.45, 7) is 6.43. The number of anilines is 1. The monoisotopic (exact) mass is 481 g/mol. The van der Waals surface area contributed by atoms with Crippen molar-refractivity contribution in [1.29, 1.82) is 5.41 Å². The van der Waals surface area contributed by atoms with Gasteiger partial charge in [0.2, 0.25) is 0 Å². The molecule has 2 aliphatic rings. The van der Waals surface area contributed by atoms with Crippen molar-refractivity contribution >= 4 is 28.5 Å². The molecule has 9 heteroatoms. The molecule has 0 spiro atoms. The van der Waals surface area contributed by atoms with Crippen LogP contribution in [0.1, 0.15) is 0 Å². The topological polar surface area (TPSA) is 66.1 Å². The highest BCUT2D eigenvalue weighted by molar-refractivity contribution is 7.07. The van der Waals surface area contributed by atoms with E-state index in [0.29, 0.717) is 31.3 Å². The minimum Gasteiger partial charge on any atom is -0.378 e. The second-order valence-corrected chi connectivity index (χ2v) is 9.11. The molecule has 0 atom stereocenters. The van der Waals surface area contributed by atoms with Gasteiger partial charge in [0.25, 0.3) is 0 Å². The highest BCUT2D eigenvalue weighted by Gasteiger charge is 2.18. The van der Waals surface area contributed by atoms with Crippen LogP contribution in [0.5, 0.6) is 0 Å². The van der Waals surface area contributed by atoms with Crippen molar-refractivity contribution in [2.24, 2.45) is 4.99 Å². The Morgan fingerprint density at radius 2 is 1.56 bits per heavy atom. The lowest BCUT2D eigenvalue weighted by Crippen LogP contribution is -2.42. The summed E-state index contributed by atoms with van der Waals surface area (Å²) in [5, 5.41) is 10.8. The first-order valence-corrected chi connectivity index (χ1v) is 12.4. The summed E-state index contributed by atoms with van der Waals surface area (Å²) in [4.78, 5) is 9.93. The van der Waals surface area contributed by atoms with E-state index in [1.165, 1.54) is 29.2 Å². The van der Waals surface area contributed by atoms with Crippen molar-refractivity contribution in [2.45, 2.75) is 6.54 Å². The van der Waals surface area contributed by atoms with Gasteiger partial charge >= 0.3 is 0 Å². The number of halogens is 1. The minimum atomic E-state index is -0.284. The number of hydrogen-bond donors (Lipinski definition) is 1. The van der Waals surface area contributed by atoms with Crippen molar-refractivity contribution in [3.05, 3.63) is 64.5 Å². The van der Waals surface area contributed by atoms with Gasteiger partial charge in [0.1, 0.15) is 11.7 Å². The van der Waals surface area contributed by atoms with Crippen molar-refractivity contribution in [1.82, 2.24) is 9.47 Å². The van der Waals surface area contributed by atoms with Gasteiger partial charge < -0.3 is 23.8 Å². The Labute approximate surface area is 202 Å². The molecule has 34 heavy (non-hydrogen) atoms. The van der Waals surface area contributed by atoms with Crippen LogP contribution in [0.2, 0.25) is 0 Å². The molecule has 3 aromatic rings. The number of nitrogens with zero attached hydrogens (tertiary/aromatic N) is 4. The van der Waals surface area contributed by atoms with Crippen LogP contribution in [0.4, 0.5) is 15.8 Å². The molecule has 0 saturated carbocycles. The molecule has 0 unspecified atom stereocenters. The first-order chi connectivity index (χ1) is 16.7. The zero-order chi connectivity index (χ0) is 23.3. The van der Waals surface area contributed by atoms with Crippen molar-refractivity contribution in [2.75, 3.05) is 57.5 Å². The number of ether oxygens (including phenoxy) is 2. The molecule has 2 fully saturated rings. The first-order valence-electron chi connectivity index (χ1n) is 11.5. The Balaban J connectivity index is 1.48. The van der Waals surface area contributed by atoms with Crippen LogP contribution in [0.15, 0.2) is 58.9 Å². The average Bonchev–Trinajstić information content (AvgIpc) is 3.28. The van der Waals surface area contributed by atoms with E-state index in [9.17, 15) is 4.39 Å². The van der Waals surface area contributed by atoms with Crippen LogP contribution < -0.4 is 9.70 Å². The van der Waals surface area contributed by atoms with E-state index in [-0.39, 0.29) is 5.82 Å². The molecule has 1 aromatic heterocycles. The fourth-order valence-corrected chi connectivity index (χ4v) is 5.10. The molecule has 2 aliphatic heterocycles. The zero-order valence-electron chi connectivity index (χ0n) is 19.0. The van der Waals surface area contributed by atoms with E-state index in [0.717, 1.165) is 55.5 Å². The number of amidine groups is 1. The molecule has 0 aliphatic carbocycles. The standard InChI is InChI=1S/C25H28FN5O2S/c26-20-3-5-21(6-4-20)28-25-31(17-24(27)30-11-15-33-16-12-30)23(18-34-25)19-1-7-22(8-2-19)29-9-13-32-14-10-29/h1-8,18,27H,9-17H2. The summed E-state index contributed by atoms with van der Waals surface area (Å²) >= 11 is 1.53. The van der Waals surface area contributed by atoms with Crippen molar-refractivity contribution in [3.8, 4) is 11.3 Å². The summed E-state index contributed by atoms with van der Waals surface area (Å²) in [7, 11) is 0. The van der Waals surface area contributed by atoms with Gasteiger partial charge in [0.05, 0.1) is 44.4 Å². The maximum Gasteiger partial charge on any atom is 0.190 e. The molecule has 178 valence electrons. The number of aromatic nitrogens is 1. The minimum absolute atomic E-state index is 0.284. The lowest BCUT2D eigenvalue weighted by Gasteiger charge is -2.29. The first kappa shape index (κ1) is 22.8. The third-order valence-electron chi connectivity index (χ3n) is 6.09. The Bertz CT molecular complexity index is 1180. The molecule has 3 heterocycles. The predicted molar refractivity (Wildman–Crippen MR) is 133 cm³/mol. The molecular formula is C25H28FN5O2S. The SMILES string of the molecule is N=C(Cn1c(-c2ccc(N3CCOCC3)cc2)csc1=Nc1ccc(F)cc1)N1CCOCC1. The summed E-state index contributed by atoms with van der Waals surface area (Å²) in [5.41, 5.74) is 3.95. The molecule has 0 bridgehead atoms. The molecule has 1 N–H and O–H groups in total. The van der Waals surface area contributed by atoms with E-state index in [1.54, 1.807) is 12.1 Å². The summed E-state index contributed by atoms with van der Waals surface area (Å²) in [6, 6.07) is 14.7. The zero-order valence-corrected chi connectivity index (χ0v) is 19.8. The van der Waals surface area contributed by atoms with Crippen LogP contribution in [-0.4, -0.2) is 67.9 Å². The van der Waals surface area contributed by atoms with Gasteiger partial charge in [0.15, 0.2) is 4.80 Å². The van der Waals surface area contributed by atoms with E-state index in [4.69, 9.17) is 19.9 Å². The van der Waals surface area contributed by atoms with Crippen LogP contribution in [0, 0.1) is 11.2 Å². The quantitative estimate of drug-likeness (QED) is 0.446. The van der Waals surface area contributed by atoms with Crippen LogP contribution in [-0.2, 0) is 16.0 Å². The maximum atomic E-state index is 13.4. The second-order valence-electron chi connectivity index (χ2n) is 8.27. The number of benzene rings is 2. The van der Waals surface area contributed by atoms with E-state index < -0.39 is 0 Å². The van der Waals surface area contributed by atoms with Crippen LogP contribution in [0.3, 0.4) is 0 Å². The van der Waals surface area contributed by atoms with E-state index in [1.807, 2.05) is 0 Å². The fourth-order valence-electron chi connectivity index (χ4n) is 4.18. The van der Waals surface area contributed by atoms with Gasteiger partial charge in [-0.25, -0.2) is 9.38 Å². The van der Waals surface area contributed by atoms with Gasteiger partial charge in [-0.3, -0.25) is 5.41 Å². The number of thiazole rings is 1. The van der Waals surface area contributed by atoms with Gasteiger partial charge in [0, 0.05) is 37.2 Å². The Hall–Kier alpha value is -3.01. The second kappa shape index (κ2) is 10.5. The average molecular weight is 482 g/mol. The molecule has 5 rings (SSSR count). The maximum absolute atomic E-state index is 13.4. The molecular weight excluding hydrogens is 453 g/mol. The summed E-state index contributed by atoms with van der Waals surface area (Å²) in [6.07, 6.45) is 0. The van der Waals surface area contributed by atoms with Crippen LogP contribution >= 0.6 is 11.3 Å². The molecule has 2 aromatic carbocycles. The van der Waals surface area contributed by atoms with E-state index >= 15 is 0 Å². The Kier molecular flexibility index (Phi) is 7.03. The molecule has 0 radical (unpaired) electrons. The lowest BCUT2D eigenvalue weighted by molar-refractivity contribution is 0.0666. The van der Waals surface area contributed by atoms with Gasteiger partial charge in [-0.15, -0.1) is 11.3 Å². The summed E-state index contributed by atoms with van der Waals surface area (Å²) < 4.78 is 26.4. The number of morpholine rings is 2. The van der Waals surface area contributed by atoms with E-state index in [2.05, 4.69) is 44.0 Å². The van der Waals surface area contributed by atoms with Crippen LogP contribution in [0.25, 0.3) is 11.3 Å². The molecule has 7 nitrogen and oxygen atoms in total. The largest absolute Gasteiger partial charge is 0.378 e. The van der Waals surface area contributed by atoms with Gasteiger partial charge in [-0.05, 0) is 42.0 Å². The third kappa shape index (κ3) is 5.22.